The number of aliphatic hydroxyl groups is 1. The van der Waals surface area contributed by atoms with Crippen LogP contribution < -0.4 is 16.4 Å². The summed E-state index contributed by atoms with van der Waals surface area (Å²) in [4.78, 5) is 11.5. The number of anilines is 2. The molecule has 0 aliphatic rings. The summed E-state index contributed by atoms with van der Waals surface area (Å²) in [5, 5.41) is 15.9. The van der Waals surface area contributed by atoms with Gasteiger partial charge in [-0.15, -0.1) is 0 Å². The maximum absolute atomic E-state index is 11.5. The third-order valence-electron chi connectivity index (χ3n) is 2.48. The Morgan fingerprint density at radius 1 is 1.45 bits per heavy atom. The summed E-state index contributed by atoms with van der Waals surface area (Å²) in [7, 11) is 0. The van der Waals surface area contributed by atoms with Crippen molar-refractivity contribution in [3.63, 3.8) is 0 Å². The molecule has 8 heteroatoms. The second-order valence-corrected chi connectivity index (χ2v) is 7.06. The summed E-state index contributed by atoms with van der Waals surface area (Å²) in [5.41, 5.74) is 6.38. The van der Waals surface area contributed by atoms with Crippen molar-refractivity contribution in [3.05, 3.63) is 21.6 Å². The molecular weight excluding hydrogens is 374 g/mol. The Morgan fingerprint density at radius 3 is 2.64 bits per heavy atom. The van der Waals surface area contributed by atoms with Crippen LogP contribution in [0, 0.1) is 0 Å². The first-order chi connectivity index (χ1) is 10.1. The lowest BCUT2D eigenvalue weighted by Gasteiger charge is -2.21. The predicted molar refractivity (Wildman–Crippen MR) is 92.3 cm³/mol. The van der Waals surface area contributed by atoms with Gasteiger partial charge in [0.25, 0.3) is 0 Å². The molecule has 1 atom stereocenters. The largest absolute Gasteiger partial charge is 0.444 e. The molecular formula is C14H21BrClN3O3. The van der Waals surface area contributed by atoms with Gasteiger partial charge in [-0.3, -0.25) is 0 Å². The summed E-state index contributed by atoms with van der Waals surface area (Å²) in [6, 6.07) is 3.31. The van der Waals surface area contributed by atoms with E-state index in [-0.39, 0.29) is 13.1 Å². The minimum Gasteiger partial charge on any atom is -0.444 e. The second kappa shape index (κ2) is 7.89. The maximum Gasteiger partial charge on any atom is 0.407 e. The molecule has 0 aliphatic heterocycles. The minimum atomic E-state index is -0.797. The van der Waals surface area contributed by atoms with Crippen molar-refractivity contribution in [2.45, 2.75) is 32.5 Å². The molecule has 1 rings (SSSR count). The number of rotatable bonds is 5. The molecule has 1 aromatic rings. The zero-order valence-electron chi connectivity index (χ0n) is 12.7. The zero-order chi connectivity index (χ0) is 16.9. The van der Waals surface area contributed by atoms with Crippen LogP contribution in [0.2, 0.25) is 5.02 Å². The van der Waals surface area contributed by atoms with E-state index in [1.54, 1.807) is 32.9 Å². The first-order valence-corrected chi connectivity index (χ1v) is 7.89. The quantitative estimate of drug-likeness (QED) is 0.576. The minimum absolute atomic E-state index is 0.0625. The van der Waals surface area contributed by atoms with Gasteiger partial charge in [0.1, 0.15) is 5.60 Å². The van der Waals surface area contributed by atoms with Crippen molar-refractivity contribution >= 4 is 45.0 Å². The molecule has 0 saturated heterocycles. The van der Waals surface area contributed by atoms with E-state index in [4.69, 9.17) is 22.1 Å². The average molecular weight is 395 g/mol. The van der Waals surface area contributed by atoms with E-state index in [9.17, 15) is 9.90 Å². The average Bonchev–Trinajstić information content (AvgIpc) is 2.32. The molecule has 124 valence electrons. The van der Waals surface area contributed by atoms with Crippen LogP contribution in [0.15, 0.2) is 16.6 Å². The van der Waals surface area contributed by atoms with E-state index in [0.29, 0.717) is 20.9 Å². The Hall–Kier alpha value is -1.18. The molecule has 22 heavy (non-hydrogen) atoms. The van der Waals surface area contributed by atoms with Crippen LogP contribution in [0.4, 0.5) is 16.2 Å². The number of aliphatic hydroxyl groups excluding tert-OH is 1. The number of alkyl carbamates (subject to hydrolysis) is 1. The van der Waals surface area contributed by atoms with Gasteiger partial charge in [0, 0.05) is 22.6 Å². The number of nitrogens with one attached hydrogen (secondary N) is 2. The highest BCUT2D eigenvalue weighted by atomic mass is 79.9. The number of amides is 1. The van der Waals surface area contributed by atoms with Crippen LogP contribution in [0.5, 0.6) is 0 Å². The third kappa shape index (κ3) is 6.72. The van der Waals surface area contributed by atoms with Crippen LogP contribution in [-0.2, 0) is 4.74 Å². The Morgan fingerprint density at radius 2 is 2.09 bits per heavy atom. The lowest BCUT2D eigenvalue weighted by atomic mass is 10.2. The molecule has 0 bridgehead atoms. The fraction of sp³-hybridized carbons (Fsp3) is 0.500. The number of carbonyl (C=O) groups is 1. The molecule has 0 spiro atoms. The molecule has 0 fully saturated rings. The van der Waals surface area contributed by atoms with Gasteiger partial charge in [-0.1, -0.05) is 11.6 Å². The van der Waals surface area contributed by atoms with Crippen LogP contribution in [0.3, 0.4) is 0 Å². The van der Waals surface area contributed by atoms with Gasteiger partial charge >= 0.3 is 6.09 Å². The highest BCUT2D eigenvalue weighted by molar-refractivity contribution is 9.10. The highest BCUT2D eigenvalue weighted by Gasteiger charge is 2.17. The number of benzene rings is 1. The van der Waals surface area contributed by atoms with Gasteiger partial charge in [-0.2, -0.15) is 0 Å². The van der Waals surface area contributed by atoms with Gasteiger partial charge in [0.05, 0.1) is 17.5 Å². The van der Waals surface area contributed by atoms with Crippen LogP contribution in [0.25, 0.3) is 0 Å². The number of ether oxygens (including phenoxy) is 1. The molecule has 0 radical (unpaired) electrons. The SMILES string of the molecule is CC(C)(C)OC(=O)NCC(O)CNc1c(N)cc(Cl)cc1Br. The fourth-order valence-electron chi connectivity index (χ4n) is 1.59. The van der Waals surface area contributed by atoms with E-state index >= 15 is 0 Å². The number of halogens is 2. The van der Waals surface area contributed by atoms with Gasteiger partial charge in [-0.05, 0) is 48.8 Å². The van der Waals surface area contributed by atoms with Crippen molar-refractivity contribution in [1.82, 2.24) is 5.32 Å². The van der Waals surface area contributed by atoms with Crippen LogP contribution in [0.1, 0.15) is 20.8 Å². The molecule has 1 aromatic carbocycles. The van der Waals surface area contributed by atoms with E-state index in [2.05, 4.69) is 26.6 Å². The van der Waals surface area contributed by atoms with Crippen molar-refractivity contribution in [3.8, 4) is 0 Å². The number of carbonyl (C=O) groups excluding carboxylic acids is 1. The summed E-state index contributed by atoms with van der Waals surface area (Å²) < 4.78 is 5.78. The standard InChI is InChI=1S/C14H21BrClN3O3/c1-14(2,3)22-13(21)19-7-9(20)6-18-12-10(15)4-8(16)5-11(12)17/h4-5,9,18,20H,6-7,17H2,1-3H3,(H,19,21). The van der Waals surface area contributed by atoms with E-state index in [0.717, 1.165) is 0 Å². The van der Waals surface area contributed by atoms with Crippen molar-refractivity contribution in [2.24, 2.45) is 0 Å². The molecule has 0 heterocycles. The van der Waals surface area contributed by atoms with E-state index < -0.39 is 17.8 Å². The monoisotopic (exact) mass is 393 g/mol. The third-order valence-corrected chi connectivity index (χ3v) is 3.32. The van der Waals surface area contributed by atoms with Crippen molar-refractivity contribution in [2.75, 3.05) is 24.1 Å². The zero-order valence-corrected chi connectivity index (χ0v) is 15.1. The highest BCUT2D eigenvalue weighted by Crippen LogP contribution is 2.32. The molecule has 1 unspecified atom stereocenters. The lowest BCUT2D eigenvalue weighted by molar-refractivity contribution is 0.0496. The Balaban J connectivity index is 2.44. The van der Waals surface area contributed by atoms with Gasteiger partial charge in [0.15, 0.2) is 0 Å². The van der Waals surface area contributed by atoms with Crippen LogP contribution >= 0.6 is 27.5 Å². The Bertz CT molecular complexity index is 512. The van der Waals surface area contributed by atoms with Gasteiger partial charge < -0.3 is 26.2 Å². The Kier molecular flexibility index (Phi) is 6.77. The van der Waals surface area contributed by atoms with Crippen molar-refractivity contribution < 1.29 is 14.6 Å². The molecule has 0 saturated carbocycles. The van der Waals surface area contributed by atoms with Crippen LogP contribution in [-0.4, -0.2) is 36.0 Å². The fourth-order valence-corrected chi connectivity index (χ4v) is 2.56. The first kappa shape index (κ1) is 18.9. The smallest absolute Gasteiger partial charge is 0.407 e. The maximum atomic E-state index is 11.5. The molecule has 5 N–H and O–H groups in total. The molecule has 0 aromatic heterocycles. The molecule has 6 nitrogen and oxygen atoms in total. The predicted octanol–water partition coefficient (Wildman–Crippen LogP) is 2.98. The number of hydrogen-bond acceptors (Lipinski definition) is 5. The topological polar surface area (TPSA) is 96.6 Å². The summed E-state index contributed by atoms with van der Waals surface area (Å²) >= 11 is 9.22. The summed E-state index contributed by atoms with van der Waals surface area (Å²) in [6.45, 7) is 5.58. The van der Waals surface area contributed by atoms with Crippen molar-refractivity contribution in [1.29, 1.82) is 0 Å². The molecule has 1 amide bonds. The summed E-state index contributed by atoms with van der Waals surface area (Å²) in [6.07, 6.45) is -1.37. The number of nitrogen functional groups attached to an aromatic ring is 1. The van der Waals surface area contributed by atoms with E-state index in [1.807, 2.05) is 0 Å². The summed E-state index contributed by atoms with van der Waals surface area (Å²) in [5.74, 6) is 0. The number of nitrogens with two attached hydrogens (primary N) is 1. The Labute approximate surface area is 143 Å². The molecule has 0 aliphatic carbocycles. The first-order valence-electron chi connectivity index (χ1n) is 6.72. The van der Waals surface area contributed by atoms with E-state index in [1.165, 1.54) is 0 Å². The normalized spacial score (nSPS) is 12.6. The lowest BCUT2D eigenvalue weighted by Crippen LogP contribution is -2.39. The van der Waals surface area contributed by atoms with Gasteiger partial charge in [-0.25, -0.2) is 4.79 Å². The van der Waals surface area contributed by atoms with Gasteiger partial charge in [0.2, 0.25) is 0 Å². The number of hydrogen-bond donors (Lipinski definition) is 4. The second-order valence-electron chi connectivity index (χ2n) is 5.77.